The zero-order valence-corrected chi connectivity index (χ0v) is 13.4. The van der Waals surface area contributed by atoms with E-state index in [2.05, 4.69) is 10.3 Å². The lowest BCUT2D eigenvalue weighted by Gasteiger charge is -2.16. The van der Waals surface area contributed by atoms with Crippen molar-refractivity contribution < 1.29 is 4.39 Å². The maximum absolute atomic E-state index is 13.3. The van der Waals surface area contributed by atoms with E-state index in [1.54, 1.807) is 12.1 Å². The highest BCUT2D eigenvalue weighted by atomic mass is 127. The van der Waals surface area contributed by atoms with E-state index in [0.717, 1.165) is 12.5 Å². The summed E-state index contributed by atoms with van der Waals surface area (Å²) in [7, 11) is 3.87. The topological polar surface area (TPSA) is 27.6 Å². The average Bonchev–Trinajstić information content (AvgIpc) is 2.30. The summed E-state index contributed by atoms with van der Waals surface area (Å²) in [6.45, 7) is 3.44. The van der Waals surface area contributed by atoms with Gasteiger partial charge in [0.05, 0.1) is 0 Å². The van der Waals surface area contributed by atoms with E-state index >= 15 is 0 Å². The van der Waals surface area contributed by atoms with Crippen molar-refractivity contribution in [2.45, 2.75) is 13.3 Å². The molecule has 0 aliphatic carbocycles. The Morgan fingerprint density at radius 1 is 1.33 bits per heavy atom. The van der Waals surface area contributed by atoms with Crippen molar-refractivity contribution in [2.75, 3.05) is 27.2 Å². The van der Waals surface area contributed by atoms with Crippen LogP contribution in [-0.4, -0.2) is 38.0 Å². The Bertz CT molecular complexity index is 380. The number of rotatable bonds is 4. The Morgan fingerprint density at radius 2 is 2.00 bits per heavy atom. The molecular formula is C13H21FIN3. The second kappa shape index (κ2) is 9.13. The van der Waals surface area contributed by atoms with Gasteiger partial charge in [-0.05, 0) is 25.0 Å². The first-order valence-corrected chi connectivity index (χ1v) is 5.84. The lowest BCUT2D eigenvalue weighted by Crippen LogP contribution is -2.36. The zero-order chi connectivity index (χ0) is 12.7. The van der Waals surface area contributed by atoms with Gasteiger partial charge in [0.1, 0.15) is 5.82 Å². The molecule has 0 saturated carbocycles. The molecule has 1 aromatic rings. The molecular weight excluding hydrogens is 344 g/mol. The number of hydrogen-bond donors (Lipinski definition) is 1. The molecule has 0 amide bonds. The van der Waals surface area contributed by atoms with Gasteiger partial charge in [-0.1, -0.05) is 18.2 Å². The van der Waals surface area contributed by atoms with Gasteiger partial charge in [-0.3, -0.25) is 4.99 Å². The minimum atomic E-state index is -0.155. The Balaban J connectivity index is 0.00000289. The van der Waals surface area contributed by atoms with Gasteiger partial charge in [-0.25, -0.2) is 4.39 Å². The van der Waals surface area contributed by atoms with Crippen LogP contribution in [-0.2, 0) is 6.42 Å². The van der Waals surface area contributed by atoms with Gasteiger partial charge >= 0.3 is 0 Å². The molecule has 0 aromatic heterocycles. The number of nitrogens with zero attached hydrogens (tertiary/aromatic N) is 2. The molecule has 0 bridgehead atoms. The molecule has 3 nitrogen and oxygen atoms in total. The predicted octanol–water partition coefficient (Wildman–Crippen LogP) is 2.51. The summed E-state index contributed by atoms with van der Waals surface area (Å²) >= 11 is 0. The van der Waals surface area contributed by atoms with Gasteiger partial charge in [-0.15, -0.1) is 24.0 Å². The van der Waals surface area contributed by atoms with Crippen LogP contribution in [0.4, 0.5) is 4.39 Å². The number of aliphatic imine (C=N–C) groups is 1. The van der Waals surface area contributed by atoms with Crippen LogP contribution >= 0.6 is 24.0 Å². The first-order chi connectivity index (χ1) is 8.15. The largest absolute Gasteiger partial charge is 0.357 e. The third kappa shape index (κ3) is 5.66. The minimum Gasteiger partial charge on any atom is -0.357 e. The summed E-state index contributed by atoms with van der Waals surface area (Å²) in [5, 5.41) is 3.17. The van der Waals surface area contributed by atoms with Crippen molar-refractivity contribution >= 4 is 29.9 Å². The first kappa shape index (κ1) is 17.2. The van der Waals surface area contributed by atoms with Crippen LogP contribution in [0, 0.1) is 5.82 Å². The summed E-state index contributed by atoms with van der Waals surface area (Å²) in [6.07, 6.45) is 0.620. The van der Waals surface area contributed by atoms with Crippen molar-refractivity contribution in [3.8, 4) is 0 Å². The van der Waals surface area contributed by atoms with Crippen LogP contribution in [0.1, 0.15) is 12.5 Å². The zero-order valence-electron chi connectivity index (χ0n) is 11.1. The molecule has 18 heavy (non-hydrogen) atoms. The third-order valence-corrected chi connectivity index (χ3v) is 2.36. The highest BCUT2D eigenvalue weighted by Crippen LogP contribution is 2.06. The summed E-state index contributed by atoms with van der Waals surface area (Å²) in [5.74, 6) is 0.682. The number of benzene rings is 1. The molecule has 0 heterocycles. The Morgan fingerprint density at radius 3 is 2.56 bits per heavy atom. The van der Waals surface area contributed by atoms with Crippen molar-refractivity contribution in [2.24, 2.45) is 4.99 Å². The van der Waals surface area contributed by atoms with Gasteiger partial charge in [0.15, 0.2) is 5.96 Å². The highest BCUT2D eigenvalue weighted by molar-refractivity contribution is 14.0. The number of nitrogens with one attached hydrogen (secondary N) is 1. The van der Waals surface area contributed by atoms with Gasteiger partial charge in [0, 0.05) is 27.2 Å². The Labute approximate surface area is 126 Å². The van der Waals surface area contributed by atoms with Gasteiger partial charge in [-0.2, -0.15) is 0 Å². The molecule has 0 spiro atoms. The third-order valence-electron chi connectivity index (χ3n) is 2.36. The van der Waals surface area contributed by atoms with E-state index in [1.165, 1.54) is 6.07 Å². The monoisotopic (exact) mass is 365 g/mol. The van der Waals surface area contributed by atoms with Crippen LogP contribution in [0.3, 0.4) is 0 Å². The summed E-state index contributed by atoms with van der Waals surface area (Å²) in [5.41, 5.74) is 0.714. The lowest BCUT2D eigenvalue weighted by molar-refractivity contribution is 0.581. The van der Waals surface area contributed by atoms with Gasteiger partial charge in [0.2, 0.25) is 0 Å². The first-order valence-electron chi connectivity index (χ1n) is 5.84. The lowest BCUT2D eigenvalue weighted by atomic mass is 10.1. The number of guanidine groups is 1. The molecule has 5 heteroatoms. The van der Waals surface area contributed by atoms with Crippen LogP contribution in [0.15, 0.2) is 29.3 Å². The molecule has 1 aromatic carbocycles. The maximum Gasteiger partial charge on any atom is 0.193 e. The number of hydrogen-bond acceptors (Lipinski definition) is 1. The molecule has 0 aliphatic heterocycles. The normalized spacial score (nSPS) is 10.8. The van der Waals surface area contributed by atoms with Gasteiger partial charge in [0.25, 0.3) is 0 Å². The predicted molar refractivity (Wildman–Crippen MR) is 85.2 cm³/mol. The van der Waals surface area contributed by atoms with E-state index in [0.29, 0.717) is 18.5 Å². The van der Waals surface area contributed by atoms with E-state index < -0.39 is 0 Å². The van der Waals surface area contributed by atoms with E-state index in [4.69, 9.17) is 0 Å². The molecule has 0 unspecified atom stereocenters. The molecule has 0 fully saturated rings. The average molecular weight is 365 g/mol. The summed E-state index contributed by atoms with van der Waals surface area (Å²) in [4.78, 5) is 6.34. The molecule has 0 radical (unpaired) electrons. The Hall–Kier alpha value is -0.850. The fraction of sp³-hybridized carbons (Fsp3) is 0.462. The maximum atomic E-state index is 13.3. The van der Waals surface area contributed by atoms with Crippen LogP contribution < -0.4 is 5.32 Å². The fourth-order valence-electron chi connectivity index (χ4n) is 1.50. The fourth-order valence-corrected chi connectivity index (χ4v) is 1.50. The SMILES string of the molecule is CCNC(=NCCc1ccccc1F)N(C)C.I. The molecule has 1 N–H and O–H groups in total. The summed E-state index contributed by atoms with van der Waals surface area (Å²) in [6, 6.07) is 6.83. The summed E-state index contributed by atoms with van der Waals surface area (Å²) < 4.78 is 13.3. The minimum absolute atomic E-state index is 0. The highest BCUT2D eigenvalue weighted by Gasteiger charge is 2.01. The van der Waals surface area contributed by atoms with E-state index in [9.17, 15) is 4.39 Å². The van der Waals surface area contributed by atoms with Crippen molar-refractivity contribution in [1.29, 1.82) is 0 Å². The Kier molecular flexibility index (Phi) is 8.70. The quantitative estimate of drug-likeness (QED) is 0.505. The molecule has 1 rings (SSSR count). The standard InChI is InChI=1S/C13H20FN3.HI/c1-4-15-13(17(2)3)16-10-9-11-7-5-6-8-12(11)14;/h5-8H,4,9-10H2,1-3H3,(H,15,16);1H. The molecule has 0 atom stereocenters. The van der Waals surface area contributed by atoms with Crippen LogP contribution in [0.25, 0.3) is 0 Å². The van der Waals surface area contributed by atoms with E-state index in [-0.39, 0.29) is 29.8 Å². The second-order valence-electron chi connectivity index (χ2n) is 3.97. The van der Waals surface area contributed by atoms with Crippen molar-refractivity contribution in [1.82, 2.24) is 10.2 Å². The van der Waals surface area contributed by atoms with Gasteiger partial charge < -0.3 is 10.2 Å². The molecule has 0 saturated heterocycles. The smallest absolute Gasteiger partial charge is 0.193 e. The van der Waals surface area contributed by atoms with E-state index in [1.807, 2.05) is 32.0 Å². The number of halogens is 2. The molecule has 102 valence electrons. The van der Waals surface area contributed by atoms with Crippen LogP contribution in [0.5, 0.6) is 0 Å². The second-order valence-corrected chi connectivity index (χ2v) is 3.97. The van der Waals surface area contributed by atoms with Crippen LogP contribution in [0.2, 0.25) is 0 Å². The molecule has 0 aliphatic rings. The van der Waals surface area contributed by atoms with Crippen molar-refractivity contribution in [3.63, 3.8) is 0 Å². The van der Waals surface area contributed by atoms with Crippen molar-refractivity contribution in [3.05, 3.63) is 35.6 Å².